The predicted octanol–water partition coefficient (Wildman–Crippen LogP) is 2.87. The van der Waals surface area contributed by atoms with Crippen molar-refractivity contribution >= 4 is 5.91 Å². The lowest BCUT2D eigenvalue weighted by Crippen LogP contribution is -2.49. The number of fused-ring (bicyclic) bond motifs is 1. The first-order valence-electron chi connectivity index (χ1n) is 9.98. The fourth-order valence-corrected chi connectivity index (χ4v) is 4.83. The second kappa shape index (κ2) is 7.88. The topological polar surface area (TPSA) is 41.6 Å². The summed E-state index contributed by atoms with van der Waals surface area (Å²) in [7, 11) is 0. The number of nitrogens with zero attached hydrogens (tertiary/aromatic N) is 1. The Morgan fingerprint density at radius 3 is 2.64 bits per heavy atom. The summed E-state index contributed by atoms with van der Waals surface area (Å²) < 4.78 is 5.47. The molecule has 4 heteroatoms. The van der Waals surface area contributed by atoms with E-state index in [9.17, 15) is 4.79 Å². The van der Waals surface area contributed by atoms with Crippen LogP contribution < -0.4 is 5.32 Å². The quantitative estimate of drug-likeness (QED) is 0.915. The summed E-state index contributed by atoms with van der Waals surface area (Å²) in [6.07, 6.45) is 7.40. The van der Waals surface area contributed by atoms with Gasteiger partial charge in [0.05, 0.1) is 0 Å². The Balaban J connectivity index is 1.23. The van der Waals surface area contributed by atoms with Gasteiger partial charge in [-0.3, -0.25) is 4.79 Å². The van der Waals surface area contributed by atoms with Crippen LogP contribution in [0.25, 0.3) is 0 Å². The van der Waals surface area contributed by atoms with Crippen LogP contribution in [-0.2, 0) is 16.0 Å². The third kappa shape index (κ3) is 4.06. The molecule has 0 spiro atoms. The Morgan fingerprint density at radius 1 is 1.08 bits per heavy atom. The maximum atomic E-state index is 12.5. The highest BCUT2D eigenvalue weighted by molar-refractivity contribution is 5.77. The molecule has 1 aliphatic carbocycles. The number of nitrogens with one attached hydrogen (secondary N) is 1. The average molecular weight is 342 g/mol. The van der Waals surface area contributed by atoms with Crippen LogP contribution in [0.4, 0.5) is 0 Å². The molecule has 2 aliphatic heterocycles. The molecule has 1 N–H and O–H groups in total. The van der Waals surface area contributed by atoms with E-state index in [4.69, 9.17) is 4.74 Å². The van der Waals surface area contributed by atoms with Crippen molar-refractivity contribution in [3.63, 3.8) is 0 Å². The van der Waals surface area contributed by atoms with E-state index in [0.29, 0.717) is 24.4 Å². The summed E-state index contributed by atoms with van der Waals surface area (Å²) in [5.41, 5.74) is 2.83. The molecule has 25 heavy (non-hydrogen) atoms. The number of carbonyl (C=O) groups is 1. The molecule has 1 amide bonds. The molecular formula is C21H30N2O2. The number of rotatable bonds is 4. The normalized spacial score (nSPS) is 25.7. The van der Waals surface area contributed by atoms with E-state index in [1.807, 2.05) is 0 Å². The van der Waals surface area contributed by atoms with Crippen LogP contribution in [-0.4, -0.2) is 49.2 Å². The zero-order chi connectivity index (χ0) is 17.1. The second-order valence-corrected chi connectivity index (χ2v) is 7.86. The van der Waals surface area contributed by atoms with Gasteiger partial charge in [-0.2, -0.15) is 0 Å². The number of hydrogen-bond donors (Lipinski definition) is 1. The lowest BCUT2D eigenvalue weighted by Gasteiger charge is -2.39. The van der Waals surface area contributed by atoms with Gasteiger partial charge in [0.25, 0.3) is 0 Å². The molecule has 2 heterocycles. The highest BCUT2D eigenvalue weighted by atomic mass is 16.5. The van der Waals surface area contributed by atoms with Gasteiger partial charge in [-0.1, -0.05) is 24.3 Å². The monoisotopic (exact) mass is 342 g/mol. The largest absolute Gasteiger partial charge is 0.381 e. The van der Waals surface area contributed by atoms with Crippen LogP contribution in [0.5, 0.6) is 0 Å². The van der Waals surface area contributed by atoms with Crippen molar-refractivity contribution < 1.29 is 9.53 Å². The van der Waals surface area contributed by atoms with Crippen LogP contribution in [0, 0.1) is 0 Å². The molecule has 0 unspecified atom stereocenters. The van der Waals surface area contributed by atoms with Crippen molar-refractivity contribution in [2.75, 3.05) is 26.3 Å². The number of hydrogen-bond acceptors (Lipinski definition) is 3. The minimum Gasteiger partial charge on any atom is -0.381 e. The minimum absolute atomic E-state index is 0.242. The lowest BCUT2D eigenvalue weighted by molar-refractivity contribution is -0.122. The minimum atomic E-state index is 0.242. The molecule has 0 bridgehead atoms. The van der Waals surface area contributed by atoms with E-state index in [1.54, 1.807) is 0 Å². The van der Waals surface area contributed by atoms with Crippen molar-refractivity contribution in [3.8, 4) is 0 Å². The van der Waals surface area contributed by atoms with Crippen LogP contribution in [0.3, 0.4) is 0 Å². The summed E-state index contributed by atoms with van der Waals surface area (Å²) >= 11 is 0. The van der Waals surface area contributed by atoms with E-state index in [2.05, 4.69) is 34.5 Å². The summed E-state index contributed by atoms with van der Waals surface area (Å²) in [5, 5.41) is 3.31. The number of benzene rings is 1. The van der Waals surface area contributed by atoms with Crippen LogP contribution in [0.2, 0.25) is 0 Å². The molecule has 1 aromatic rings. The van der Waals surface area contributed by atoms with Gasteiger partial charge in [-0.15, -0.1) is 0 Å². The van der Waals surface area contributed by atoms with Gasteiger partial charge in [0.2, 0.25) is 5.91 Å². The number of amides is 1. The van der Waals surface area contributed by atoms with Crippen LogP contribution in [0.1, 0.15) is 55.6 Å². The predicted molar refractivity (Wildman–Crippen MR) is 98.7 cm³/mol. The van der Waals surface area contributed by atoms with E-state index in [1.165, 1.54) is 11.1 Å². The average Bonchev–Trinajstić information content (AvgIpc) is 3.06. The third-order valence-corrected chi connectivity index (χ3v) is 6.29. The van der Waals surface area contributed by atoms with Gasteiger partial charge in [0.1, 0.15) is 0 Å². The van der Waals surface area contributed by atoms with Gasteiger partial charge in [-0.25, -0.2) is 0 Å². The van der Waals surface area contributed by atoms with Gasteiger partial charge in [0.15, 0.2) is 0 Å². The zero-order valence-corrected chi connectivity index (χ0v) is 15.1. The van der Waals surface area contributed by atoms with Gasteiger partial charge < -0.3 is 15.0 Å². The van der Waals surface area contributed by atoms with Gasteiger partial charge in [0, 0.05) is 44.8 Å². The molecule has 4 rings (SSSR count). The van der Waals surface area contributed by atoms with E-state index in [-0.39, 0.29) is 5.91 Å². The Bertz CT molecular complexity index is 589. The fraction of sp³-hybridized carbons (Fsp3) is 0.667. The standard InChI is InChI=1S/C21H30N2O2/c24-21(15-17-6-5-16-3-1-2-4-20(16)17)22-18-7-11-23(12-8-18)19-9-13-25-14-10-19/h1-4,17-19H,5-15H2,(H,22,24)/t17-/m0/s1. The summed E-state index contributed by atoms with van der Waals surface area (Å²) in [6, 6.07) is 9.67. The Labute approximate surface area is 150 Å². The number of likely N-dealkylation sites (tertiary alicyclic amines) is 1. The van der Waals surface area contributed by atoms with Gasteiger partial charge >= 0.3 is 0 Å². The molecule has 2 saturated heterocycles. The maximum Gasteiger partial charge on any atom is 0.220 e. The SMILES string of the molecule is O=C(C[C@@H]1CCc2ccccc21)NC1CCN(C2CCOCC2)CC1. The lowest BCUT2D eigenvalue weighted by atomic mass is 9.96. The van der Waals surface area contributed by atoms with Crippen LogP contribution >= 0.6 is 0 Å². The van der Waals surface area contributed by atoms with Crippen molar-refractivity contribution in [2.24, 2.45) is 0 Å². The first-order chi connectivity index (χ1) is 12.3. The molecule has 1 aromatic carbocycles. The summed E-state index contributed by atoms with van der Waals surface area (Å²) in [5.74, 6) is 0.657. The molecule has 0 radical (unpaired) electrons. The van der Waals surface area contributed by atoms with Crippen molar-refractivity contribution in [1.29, 1.82) is 0 Å². The van der Waals surface area contributed by atoms with E-state index in [0.717, 1.165) is 64.8 Å². The molecule has 1 atom stereocenters. The first-order valence-corrected chi connectivity index (χ1v) is 9.98. The number of carbonyl (C=O) groups excluding carboxylic acids is 1. The Kier molecular flexibility index (Phi) is 5.37. The summed E-state index contributed by atoms with van der Waals surface area (Å²) in [4.78, 5) is 15.1. The smallest absolute Gasteiger partial charge is 0.220 e. The molecule has 2 fully saturated rings. The van der Waals surface area contributed by atoms with Crippen molar-refractivity contribution in [2.45, 2.75) is 62.9 Å². The van der Waals surface area contributed by atoms with E-state index >= 15 is 0 Å². The van der Waals surface area contributed by atoms with Crippen LogP contribution in [0.15, 0.2) is 24.3 Å². The fourth-order valence-electron chi connectivity index (χ4n) is 4.83. The maximum absolute atomic E-state index is 12.5. The molecular weight excluding hydrogens is 312 g/mol. The second-order valence-electron chi connectivity index (χ2n) is 7.86. The number of piperidine rings is 1. The molecule has 0 saturated carbocycles. The highest BCUT2D eigenvalue weighted by Gasteiger charge is 2.28. The Morgan fingerprint density at radius 2 is 1.84 bits per heavy atom. The van der Waals surface area contributed by atoms with E-state index < -0.39 is 0 Å². The van der Waals surface area contributed by atoms with Crippen molar-refractivity contribution in [3.05, 3.63) is 35.4 Å². The molecule has 136 valence electrons. The molecule has 3 aliphatic rings. The van der Waals surface area contributed by atoms with Crippen molar-refractivity contribution in [1.82, 2.24) is 10.2 Å². The Hall–Kier alpha value is -1.39. The third-order valence-electron chi connectivity index (χ3n) is 6.29. The molecule has 0 aromatic heterocycles. The highest BCUT2D eigenvalue weighted by Crippen LogP contribution is 2.35. The van der Waals surface area contributed by atoms with Gasteiger partial charge in [-0.05, 0) is 55.6 Å². The number of ether oxygens (including phenoxy) is 1. The first kappa shape index (κ1) is 17.0. The molecule has 4 nitrogen and oxygen atoms in total. The zero-order valence-electron chi connectivity index (χ0n) is 15.1. The summed E-state index contributed by atoms with van der Waals surface area (Å²) in [6.45, 7) is 4.04. The number of aryl methyl sites for hydroxylation is 1.